The molecule has 0 amide bonds. The van der Waals surface area contributed by atoms with Crippen LogP contribution in [0.25, 0.3) is 11.3 Å². The Morgan fingerprint density at radius 3 is 2.67 bits per heavy atom. The monoisotopic (exact) mass is 329 g/mol. The summed E-state index contributed by atoms with van der Waals surface area (Å²) in [5, 5.41) is 3.05. The summed E-state index contributed by atoms with van der Waals surface area (Å²) in [7, 11) is 2.70. The summed E-state index contributed by atoms with van der Waals surface area (Å²) in [5.74, 6) is 0.400. The molecule has 0 saturated carbocycles. The lowest BCUT2D eigenvalue weighted by Crippen LogP contribution is -2.06. The Kier molecular flexibility index (Phi) is 5.47. The van der Waals surface area contributed by atoms with Crippen molar-refractivity contribution >= 4 is 17.2 Å². The van der Waals surface area contributed by atoms with Gasteiger partial charge in [-0.25, -0.2) is 9.78 Å². The van der Waals surface area contributed by atoms with Crippen LogP contribution in [0.3, 0.4) is 0 Å². The number of imidazole rings is 1. The van der Waals surface area contributed by atoms with Gasteiger partial charge in [0, 0.05) is 18.5 Å². The first-order valence-corrected chi connectivity index (χ1v) is 7.44. The molecule has 7 nitrogen and oxygen atoms in total. The van der Waals surface area contributed by atoms with E-state index in [1.165, 1.54) is 20.3 Å². The van der Waals surface area contributed by atoms with E-state index in [0.29, 0.717) is 17.3 Å². The maximum absolute atomic E-state index is 11.9. The van der Waals surface area contributed by atoms with Crippen molar-refractivity contribution in [3.05, 3.63) is 46.9 Å². The van der Waals surface area contributed by atoms with Gasteiger partial charge in [-0.15, -0.1) is 4.91 Å². The molecule has 24 heavy (non-hydrogen) atoms. The van der Waals surface area contributed by atoms with E-state index in [1.54, 1.807) is 23.0 Å². The van der Waals surface area contributed by atoms with Gasteiger partial charge in [-0.2, -0.15) is 0 Å². The highest BCUT2D eigenvalue weighted by Gasteiger charge is 2.20. The van der Waals surface area contributed by atoms with Gasteiger partial charge in [0.1, 0.15) is 22.8 Å². The topological polar surface area (TPSA) is 82.8 Å². The molecule has 0 atom stereocenters. The van der Waals surface area contributed by atoms with Crippen molar-refractivity contribution in [2.45, 2.75) is 20.3 Å². The fourth-order valence-electron chi connectivity index (χ4n) is 2.49. The van der Waals surface area contributed by atoms with Crippen molar-refractivity contribution in [2.24, 2.45) is 5.18 Å². The predicted molar refractivity (Wildman–Crippen MR) is 90.9 cm³/mol. The van der Waals surface area contributed by atoms with Gasteiger partial charge in [0.2, 0.25) is 0 Å². The molecule has 126 valence electrons. The zero-order valence-corrected chi connectivity index (χ0v) is 14.1. The van der Waals surface area contributed by atoms with Crippen molar-refractivity contribution < 1.29 is 14.3 Å². The van der Waals surface area contributed by atoms with Crippen molar-refractivity contribution in [3.63, 3.8) is 0 Å². The number of nitroso groups, excluding NO2 is 1. The molecule has 0 aliphatic carbocycles. The second-order valence-corrected chi connectivity index (χ2v) is 4.91. The number of carbonyl (C=O) groups excluding carboxylic acids is 1. The standard InChI is InChI=1S/C17H19N3O4/c1-5-11(6-2)16-18-7-8-20(16)14-10-15(23-3)12(17(21)24-4)9-13(14)19-22/h5,7-10H,6H2,1-4H3/b11-5+. The zero-order chi connectivity index (χ0) is 17.7. The Labute approximate surface area is 139 Å². The highest BCUT2D eigenvalue weighted by Crippen LogP contribution is 2.34. The number of hydrogen-bond acceptors (Lipinski definition) is 6. The number of methoxy groups -OCH3 is 2. The third-order valence-electron chi connectivity index (χ3n) is 3.72. The molecular formula is C17H19N3O4. The van der Waals surface area contributed by atoms with E-state index in [2.05, 4.69) is 10.2 Å². The first-order chi connectivity index (χ1) is 11.6. The Balaban J connectivity index is 2.70. The number of ether oxygens (including phenoxy) is 2. The van der Waals surface area contributed by atoms with Crippen LogP contribution in [0.5, 0.6) is 5.75 Å². The second-order valence-electron chi connectivity index (χ2n) is 4.91. The number of benzene rings is 1. The molecule has 0 radical (unpaired) electrons. The van der Waals surface area contributed by atoms with E-state index in [-0.39, 0.29) is 11.3 Å². The van der Waals surface area contributed by atoms with E-state index in [0.717, 1.165) is 12.0 Å². The van der Waals surface area contributed by atoms with Crippen LogP contribution in [0.15, 0.2) is 35.8 Å². The van der Waals surface area contributed by atoms with Crippen LogP contribution in [0, 0.1) is 4.91 Å². The first-order valence-electron chi connectivity index (χ1n) is 7.44. The number of nitrogens with zero attached hydrogens (tertiary/aromatic N) is 3. The Morgan fingerprint density at radius 2 is 2.12 bits per heavy atom. The molecule has 0 bridgehead atoms. The average Bonchev–Trinajstić information content (AvgIpc) is 3.10. The summed E-state index contributed by atoms with van der Waals surface area (Å²) in [6, 6.07) is 2.94. The average molecular weight is 329 g/mol. The molecule has 0 N–H and O–H groups in total. The lowest BCUT2D eigenvalue weighted by molar-refractivity contribution is 0.0597. The van der Waals surface area contributed by atoms with E-state index < -0.39 is 5.97 Å². The molecule has 1 aromatic carbocycles. The van der Waals surface area contributed by atoms with Crippen LogP contribution in [0.4, 0.5) is 5.69 Å². The van der Waals surface area contributed by atoms with Crippen LogP contribution >= 0.6 is 0 Å². The van der Waals surface area contributed by atoms with Gasteiger partial charge >= 0.3 is 5.97 Å². The Hall–Kier alpha value is -2.96. The number of esters is 1. The lowest BCUT2D eigenvalue weighted by atomic mass is 10.1. The maximum Gasteiger partial charge on any atom is 0.341 e. The SMILES string of the molecule is C/C=C(\CC)c1nccn1-c1cc(OC)c(C(=O)OC)cc1N=O. The van der Waals surface area contributed by atoms with Crippen molar-refractivity contribution in [2.75, 3.05) is 14.2 Å². The smallest absolute Gasteiger partial charge is 0.341 e. The van der Waals surface area contributed by atoms with Crippen LogP contribution in [-0.4, -0.2) is 29.7 Å². The molecule has 7 heteroatoms. The number of rotatable bonds is 6. The molecule has 2 aromatic rings. The highest BCUT2D eigenvalue weighted by atomic mass is 16.5. The molecule has 0 spiro atoms. The van der Waals surface area contributed by atoms with Gasteiger partial charge in [0.05, 0.1) is 19.9 Å². The summed E-state index contributed by atoms with van der Waals surface area (Å²) in [5.41, 5.74) is 1.74. The van der Waals surface area contributed by atoms with E-state index >= 15 is 0 Å². The largest absolute Gasteiger partial charge is 0.496 e. The zero-order valence-electron chi connectivity index (χ0n) is 14.1. The third kappa shape index (κ3) is 3.05. The quantitative estimate of drug-likeness (QED) is 0.593. The minimum absolute atomic E-state index is 0.0991. The summed E-state index contributed by atoms with van der Waals surface area (Å²) in [6.07, 6.45) is 6.13. The van der Waals surface area contributed by atoms with Crippen LogP contribution < -0.4 is 4.74 Å². The van der Waals surface area contributed by atoms with Gasteiger partial charge in [-0.1, -0.05) is 13.0 Å². The van der Waals surface area contributed by atoms with Gasteiger partial charge < -0.3 is 9.47 Å². The number of carbonyl (C=O) groups is 1. The predicted octanol–water partition coefficient (Wildman–Crippen LogP) is 3.88. The summed E-state index contributed by atoms with van der Waals surface area (Å²) < 4.78 is 11.7. The minimum atomic E-state index is -0.600. The Bertz CT molecular complexity index is 793. The molecule has 0 unspecified atom stereocenters. The van der Waals surface area contributed by atoms with Gasteiger partial charge in [0.15, 0.2) is 0 Å². The third-order valence-corrected chi connectivity index (χ3v) is 3.72. The van der Waals surface area contributed by atoms with Gasteiger partial charge in [0.25, 0.3) is 0 Å². The number of allylic oxidation sites excluding steroid dienone is 2. The Morgan fingerprint density at radius 1 is 1.38 bits per heavy atom. The summed E-state index contributed by atoms with van der Waals surface area (Å²) in [6.45, 7) is 3.95. The summed E-state index contributed by atoms with van der Waals surface area (Å²) in [4.78, 5) is 27.5. The molecule has 0 fully saturated rings. The number of aromatic nitrogens is 2. The maximum atomic E-state index is 11.9. The molecule has 0 saturated heterocycles. The van der Waals surface area contributed by atoms with E-state index in [1.807, 2.05) is 19.9 Å². The molecule has 0 aliphatic rings. The highest BCUT2D eigenvalue weighted by molar-refractivity contribution is 5.94. The molecular weight excluding hydrogens is 310 g/mol. The molecule has 1 heterocycles. The van der Waals surface area contributed by atoms with E-state index in [4.69, 9.17) is 9.47 Å². The molecule has 0 aliphatic heterocycles. The van der Waals surface area contributed by atoms with Gasteiger partial charge in [-0.3, -0.25) is 4.57 Å². The fourth-order valence-corrected chi connectivity index (χ4v) is 2.49. The minimum Gasteiger partial charge on any atom is -0.496 e. The lowest BCUT2D eigenvalue weighted by Gasteiger charge is -2.14. The molecule has 2 rings (SSSR count). The van der Waals surface area contributed by atoms with Gasteiger partial charge in [-0.05, 0) is 30.2 Å². The summed E-state index contributed by atoms with van der Waals surface area (Å²) >= 11 is 0. The van der Waals surface area contributed by atoms with Crippen LogP contribution in [-0.2, 0) is 4.74 Å². The second kappa shape index (κ2) is 7.54. The number of hydrogen-bond donors (Lipinski definition) is 0. The van der Waals surface area contributed by atoms with Crippen molar-refractivity contribution in [1.82, 2.24) is 9.55 Å². The normalized spacial score (nSPS) is 11.2. The first kappa shape index (κ1) is 17.4. The van der Waals surface area contributed by atoms with Crippen molar-refractivity contribution in [3.8, 4) is 11.4 Å². The molecule has 1 aromatic heterocycles. The fraction of sp³-hybridized carbons (Fsp3) is 0.294. The van der Waals surface area contributed by atoms with Crippen molar-refractivity contribution in [1.29, 1.82) is 0 Å². The van der Waals surface area contributed by atoms with Crippen LogP contribution in [0.2, 0.25) is 0 Å². The van der Waals surface area contributed by atoms with E-state index in [9.17, 15) is 9.70 Å². The van der Waals surface area contributed by atoms with Crippen LogP contribution in [0.1, 0.15) is 36.5 Å².